The summed E-state index contributed by atoms with van der Waals surface area (Å²) in [5.74, 6) is 5.70. The molecule has 4 heteroatoms. The summed E-state index contributed by atoms with van der Waals surface area (Å²) in [6.07, 6.45) is 2.46. The Bertz CT molecular complexity index is 963. The van der Waals surface area contributed by atoms with Crippen molar-refractivity contribution in [2.24, 2.45) is 0 Å². The molecule has 1 heterocycles. The largest absolute Gasteiger partial charge is 0.299 e. The van der Waals surface area contributed by atoms with Crippen LogP contribution in [0.1, 0.15) is 24.5 Å². The van der Waals surface area contributed by atoms with Crippen molar-refractivity contribution in [1.82, 2.24) is 9.55 Å². The third-order valence-corrected chi connectivity index (χ3v) is 3.49. The van der Waals surface area contributed by atoms with Gasteiger partial charge in [-0.3, -0.25) is 9.36 Å². The molecule has 0 spiro atoms. The lowest BCUT2D eigenvalue weighted by Crippen LogP contribution is -2.20. The highest BCUT2D eigenvalue weighted by Gasteiger charge is 2.03. The average molecular weight is 306 g/mol. The Balaban J connectivity index is 1.97. The second kappa shape index (κ2) is 6.45. The van der Waals surface area contributed by atoms with E-state index in [2.05, 4.69) is 16.8 Å². The van der Waals surface area contributed by atoms with Gasteiger partial charge >= 0.3 is 0 Å². The van der Waals surface area contributed by atoms with Crippen molar-refractivity contribution in [3.8, 4) is 11.8 Å². The third kappa shape index (κ3) is 3.29. The number of aromatic nitrogens is 2. The maximum atomic E-state index is 12.9. The number of fused-ring (bicyclic) bond motifs is 1. The maximum Gasteiger partial charge on any atom is 0.261 e. The summed E-state index contributed by atoms with van der Waals surface area (Å²) < 4.78 is 14.5. The molecule has 0 amide bonds. The molecule has 0 N–H and O–H groups in total. The van der Waals surface area contributed by atoms with Crippen LogP contribution in [0.5, 0.6) is 0 Å². The molecule has 3 aromatic rings. The number of rotatable bonds is 2. The van der Waals surface area contributed by atoms with E-state index in [1.165, 1.54) is 12.1 Å². The summed E-state index contributed by atoms with van der Waals surface area (Å²) in [5.41, 5.74) is 2.10. The molecule has 2 aromatic carbocycles. The van der Waals surface area contributed by atoms with E-state index in [0.29, 0.717) is 17.4 Å². The highest BCUT2D eigenvalue weighted by Crippen LogP contribution is 2.10. The van der Waals surface area contributed by atoms with Gasteiger partial charge in [0, 0.05) is 17.7 Å². The Labute approximate surface area is 133 Å². The fourth-order valence-electron chi connectivity index (χ4n) is 2.31. The molecular weight excluding hydrogens is 291 g/mol. The number of aryl methyl sites for hydroxylation is 1. The lowest BCUT2D eigenvalue weighted by molar-refractivity contribution is 0.627. The van der Waals surface area contributed by atoms with Crippen LogP contribution in [0.3, 0.4) is 0 Å². The fourth-order valence-corrected chi connectivity index (χ4v) is 2.31. The summed E-state index contributed by atoms with van der Waals surface area (Å²) in [4.78, 5) is 16.6. The molecule has 0 fully saturated rings. The predicted molar refractivity (Wildman–Crippen MR) is 88.7 cm³/mol. The van der Waals surface area contributed by atoms with Crippen molar-refractivity contribution >= 4 is 10.9 Å². The fraction of sp³-hybridized carbons (Fsp3) is 0.158. The summed E-state index contributed by atoms with van der Waals surface area (Å²) in [6, 6.07) is 11.4. The Kier molecular flexibility index (Phi) is 4.20. The molecule has 114 valence electrons. The highest BCUT2D eigenvalue weighted by atomic mass is 19.1. The molecular formula is C19H15FN2O. The van der Waals surface area contributed by atoms with Crippen LogP contribution in [0.25, 0.3) is 10.9 Å². The van der Waals surface area contributed by atoms with Crippen molar-refractivity contribution in [3.63, 3.8) is 0 Å². The quantitative estimate of drug-likeness (QED) is 0.681. The number of halogens is 1. The monoisotopic (exact) mass is 306 g/mol. The summed E-state index contributed by atoms with van der Waals surface area (Å²) >= 11 is 0. The van der Waals surface area contributed by atoms with Gasteiger partial charge in [0.05, 0.1) is 17.2 Å². The number of hydrogen-bond donors (Lipinski definition) is 0. The Morgan fingerprint density at radius 3 is 2.52 bits per heavy atom. The molecule has 0 saturated carbocycles. The average Bonchev–Trinajstić information content (AvgIpc) is 2.57. The molecule has 0 aliphatic heterocycles. The van der Waals surface area contributed by atoms with Crippen molar-refractivity contribution in [2.45, 2.75) is 19.9 Å². The number of hydrogen-bond acceptors (Lipinski definition) is 2. The first-order valence-corrected chi connectivity index (χ1v) is 7.44. The smallest absolute Gasteiger partial charge is 0.261 e. The van der Waals surface area contributed by atoms with Crippen LogP contribution in [0.2, 0.25) is 0 Å². The van der Waals surface area contributed by atoms with E-state index in [1.54, 1.807) is 41.2 Å². The topological polar surface area (TPSA) is 34.9 Å². The van der Waals surface area contributed by atoms with Gasteiger partial charge in [0.1, 0.15) is 5.82 Å². The minimum absolute atomic E-state index is 0.0325. The van der Waals surface area contributed by atoms with Crippen LogP contribution in [-0.2, 0) is 6.54 Å². The second-order valence-electron chi connectivity index (χ2n) is 5.23. The third-order valence-electron chi connectivity index (χ3n) is 3.49. The minimum atomic E-state index is -0.284. The Hall–Kier alpha value is -2.93. The standard InChI is InChI=1S/C19H15FN2O/c1-2-11-22-13-21-18-12-15(7-10-17(18)19(22)23)4-3-14-5-8-16(20)9-6-14/h5-10,12-13H,2,11H2,1H3. The van der Waals surface area contributed by atoms with E-state index in [4.69, 9.17) is 0 Å². The zero-order chi connectivity index (χ0) is 16.2. The molecule has 3 rings (SSSR count). The Morgan fingerprint density at radius 2 is 1.78 bits per heavy atom. The van der Waals surface area contributed by atoms with Gasteiger partial charge in [-0.05, 0) is 48.9 Å². The normalized spacial score (nSPS) is 10.3. The number of benzene rings is 2. The first kappa shape index (κ1) is 15.0. The van der Waals surface area contributed by atoms with Gasteiger partial charge in [0.2, 0.25) is 0 Å². The van der Waals surface area contributed by atoms with Crippen LogP contribution < -0.4 is 5.56 Å². The van der Waals surface area contributed by atoms with E-state index >= 15 is 0 Å². The lowest BCUT2D eigenvalue weighted by Gasteiger charge is -2.04. The molecule has 0 saturated heterocycles. The van der Waals surface area contributed by atoms with Crippen LogP contribution >= 0.6 is 0 Å². The van der Waals surface area contributed by atoms with E-state index in [-0.39, 0.29) is 11.4 Å². The predicted octanol–water partition coefficient (Wildman–Crippen LogP) is 3.35. The maximum absolute atomic E-state index is 12.9. The molecule has 0 bridgehead atoms. The van der Waals surface area contributed by atoms with Gasteiger partial charge in [-0.2, -0.15) is 0 Å². The zero-order valence-corrected chi connectivity index (χ0v) is 12.7. The minimum Gasteiger partial charge on any atom is -0.299 e. The summed E-state index contributed by atoms with van der Waals surface area (Å²) in [7, 11) is 0. The highest BCUT2D eigenvalue weighted by molar-refractivity contribution is 5.79. The zero-order valence-electron chi connectivity index (χ0n) is 12.7. The first-order valence-electron chi connectivity index (χ1n) is 7.44. The molecule has 0 radical (unpaired) electrons. The van der Waals surface area contributed by atoms with Crippen LogP contribution in [0.4, 0.5) is 4.39 Å². The van der Waals surface area contributed by atoms with E-state index in [9.17, 15) is 9.18 Å². The molecule has 3 nitrogen and oxygen atoms in total. The van der Waals surface area contributed by atoms with E-state index < -0.39 is 0 Å². The molecule has 0 aliphatic carbocycles. The van der Waals surface area contributed by atoms with Gasteiger partial charge in [0.25, 0.3) is 5.56 Å². The Morgan fingerprint density at radius 1 is 1.09 bits per heavy atom. The second-order valence-corrected chi connectivity index (χ2v) is 5.23. The van der Waals surface area contributed by atoms with Crippen molar-refractivity contribution in [3.05, 3.63) is 76.1 Å². The van der Waals surface area contributed by atoms with E-state index in [1.807, 2.05) is 6.92 Å². The molecule has 1 aromatic heterocycles. The molecule has 0 unspecified atom stereocenters. The van der Waals surface area contributed by atoms with Gasteiger partial charge in [-0.25, -0.2) is 9.37 Å². The van der Waals surface area contributed by atoms with Gasteiger partial charge in [-0.1, -0.05) is 18.8 Å². The molecule has 23 heavy (non-hydrogen) atoms. The van der Waals surface area contributed by atoms with Crippen molar-refractivity contribution in [2.75, 3.05) is 0 Å². The van der Waals surface area contributed by atoms with Crippen LogP contribution in [-0.4, -0.2) is 9.55 Å². The van der Waals surface area contributed by atoms with Gasteiger partial charge in [-0.15, -0.1) is 0 Å². The van der Waals surface area contributed by atoms with Crippen LogP contribution in [0, 0.1) is 17.7 Å². The first-order chi connectivity index (χ1) is 11.2. The van der Waals surface area contributed by atoms with Gasteiger partial charge in [0.15, 0.2) is 0 Å². The van der Waals surface area contributed by atoms with E-state index in [0.717, 1.165) is 17.5 Å². The molecule has 0 atom stereocenters. The van der Waals surface area contributed by atoms with Crippen LogP contribution in [0.15, 0.2) is 53.6 Å². The summed E-state index contributed by atoms with van der Waals surface area (Å²) in [6.45, 7) is 2.68. The molecule has 0 aliphatic rings. The van der Waals surface area contributed by atoms with Crippen molar-refractivity contribution < 1.29 is 4.39 Å². The van der Waals surface area contributed by atoms with Gasteiger partial charge < -0.3 is 0 Å². The SMILES string of the molecule is CCCn1cnc2cc(C#Cc3ccc(F)cc3)ccc2c1=O. The number of nitrogens with zero attached hydrogens (tertiary/aromatic N) is 2. The lowest BCUT2D eigenvalue weighted by atomic mass is 10.1. The van der Waals surface area contributed by atoms with Crippen molar-refractivity contribution in [1.29, 1.82) is 0 Å². The summed E-state index contributed by atoms with van der Waals surface area (Å²) in [5, 5.41) is 0.591.